The highest BCUT2D eigenvalue weighted by molar-refractivity contribution is 5.78. The second kappa shape index (κ2) is 7.15. The van der Waals surface area contributed by atoms with Gasteiger partial charge in [-0.2, -0.15) is 0 Å². The highest BCUT2D eigenvalue weighted by atomic mass is 16.5. The fourth-order valence-corrected chi connectivity index (χ4v) is 2.67. The van der Waals surface area contributed by atoms with Gasteiger partial charge in [0.2, 0.25) is 0 Å². The van der Waals surface area contributed by atoms with E-state index >= 15 is 0 Å². The molecule has 0 saturated carbocycles. The number of carboxylic acids is 1. The molecule has 1 amide bonds. The van der Waals surface area contributed by atoms with Crippen molar-refractivity contribution in [2.24, 2.45) is 11.8 Å². The molecule has 0 radical (unpaired) electrons. The van der Waals surface area contributed by atoms with Crippen LogP contribution in [-0.4, -0.2) is 48.7 Å². The van der Waals surface area contributed by atoms with Crippen LogP contribution < -0.4 is 9.47 Å². The summed E-state index contributed by atoms with van der Waals surface area (Å²) >= 11 is 0. The Morgan fingerprint density at radius 2 is 2.09 bits per heavy atom. The minimum Gasteiger partial charge on any atom is -0.497 e. The minimum absolute atomic E-state index is 0.0491. The molecule has 1 aliphatic rings. The van der Waals surface area contributed by atoms with Gasteiger partial charge in [-0.1, -0.05) is 13.0 Å². The molecule has 6 heteroatoms. The van der Waals surface area contributed by atoms with E-state index in [0.29, 0.717) is 31.0 Å². The number of amides is 1. The van der Waals surface area contributed by atoms with Crippen molar-refractivity contribution in [2.75, 3.05) is 26.8 Å². The lowest BCUT2D eigenvalue weighted by Gasteiger charge is -2.34. The number of benzene rings is 1. The Bertz CT molecular complexity index is 545. The van der Waals surface area contributed by atoms with E-state index < -0.39 is 5.97 Å². The maximum atomic E-state index is 12.2. The molecule has 1 aliphatic heterocycles. The number of nitrogens with zero attached hydrogens (tertiary/aromatic N) is 1. The SMILES string of the molecule is COc1cccc(OCC(=O)N2CCC(C(=O)O)C(C)C2)c1. The predicted molar refractivity (Wildman–Crippen MR) is 80.0 cm³/mol. The molecule has 120 valence electrons. The van der Waals surface area contributed by atoms with E-state index in [0.717, 1.165) is 0 Å². The van der Waals surface area contributed by atoms with Crippen LogP contribution in [0, 0.1) is 11.8 Å². The molecule has 22 heavy (non-hydrogen) atoms. The average Bonchev–Trinajstić information content (AvgIpc) is 2.52. The van der Waals surface area contributed by atoms with Gasteiger partial charge in [0.25, 0.3) is 5.91 Å². The molecule has 2 unspecified atom stereocenters. The van der Waals surface area contributed by atoms with Crippen LogP contribution in [0.5, 0.6) is 11.5 Å². The molecule has 1 N–H and O–H groups in total. The van der Waals surface area contributed by atoms with Gasteiger partial charge in [0.1, 0.15) is 11.5 Å². The zero-order valence-electron chi connectivity index (χ0n) is 12.8. The van der Waals surface area contributed by atoms with Crippen LogP contribution in [0.15, 0.2) is 24.3 Å². The number of hydrogen-bond donors (Lipinski definition) is 1. The van der Waals surface area contributed by atoms with Crippen molar-refractivity contribution in [1.82, 2.24) is 4.90 Å². The average molecular weight is 307 g/mol. The van der Waals surface area contributed by atoms with Crippen molar-refractivity contribution in [2.45, 2.75) is 13.3 Å². The minimum atomic E-state index is -0.785. The number of aliphatic carboxylic acids is 1. The van der Waals surface area contributed by atoms with Crippen molar-refractivity contribution in [3.8, 4) is 11.5 Å². The summed E-state index contributed by atoms with van der Waals surface area (Å²) in [5.74, 6) is -0.0943. The van der Waals surface area contributed by atoms with Gasteiger partial charge in [-0.3, -0.25) is 9.59 Å². The highest BCUT2D eigenvalue weighted by Gasteiger charge is 2.32. The van der Waals surface area contributed by atoms with E-state index in [1.54, 1.807) is 36.3 Å². The number of piperidine rings is 1. The van der Waals surface area contributed by atoms with E-state index in [1.165, 1.54) is 0 Å². The maximum absolute atomic E-state index is 12.2. The molecule has 6 nitrogen and oxygen atoms in total. The molecule has 2 rings (SSSR count). The molecule has 1 fully saturated rings. The topological polar surface area (TPSA) is 76.1 Å². The smallest absolute Gasteiger partial charge is 0.306 e. The van der Waals surface area contributed by atoms with Gasteiger partial charge in [-0.25, -0.2) is 0 Å². The Morgan fingerprint density at radius 1 is 1.36 bits per heavy atom. The lowest BCUT2D eigenvalue weighted by molar-refractivity contribution is -0.148. The molecule has 1 aromatic carbocycles. The van der Waals surface area contributed by atoms with Crippen molar-refractivity contribution < 1.29 is 24.2 Å². The monoisotopic (exact) mass is 307 g/mol. The molecular weight excluding hydrogens is 286 g/mol. The van der Waals surface area contributed by atoms with Gasteiger partial charge >= 0.3 is 5.97 Å². The standard InChI is InChI=1S/C16H21NO5/c1-11-9-17(7-6-14(11)16(19)20)15(18)10-22-13-5-3-4-12(8-13)21-2/h3-5,8,11,14H,6-7,9-10H2,1-2H3,(H,19,20). The zero-order chi connectivity index (χ0) is 16.1. The summed E-state index contributed by atoms with van der Waals surface area (Å²) in [5.41, 5.74) is 0. The lowest BCUT2D eigenvalue weighted by atomic mass is 9.87. The number of carbonyl (C=O) groups excluding carboxylic acids is 1. The Balaban J connectivity index is 1.86. The first-order chi connectivity index (χ1) is 10.5. The molecule has 2 atom stereocenters. The molecule has 0 bridgehead atoms. The third-order valence-corrected chi connectivity index (χ3v) is 3.98. The van der Waals surface area contributed by atoms with Crippen molar-refractivity contribution in [3.63, 3.8) is 0 Å². The van der Waals surface area contributed by atoms with Crippen LogP contribution in [0.25, 0.3) is 0 Å². The summed E-state index contributed by atoms with van der Waals surface area (Å²) in [6, 6.07) is 7.06. The van der Waals surface area contributed by atoms with Crippen molar-refractivity contribution in [1.29, 1.82) is 0 Å². The van der Waals surface area contributed by atoms with Gasteiger partial charge < -0.3 is 19.5 Å². The van der Waals surface area contributed by atoms with E-state index in [4.69, 9.17) is 14.6 Å². The Hall–Kier alpha value is -2.24. The van der Waals surface area contributed by atoms with Crippen molar-refractivity contribution in [3.05, 3.63) is 24.3 Å². The lowest BCUT2D eigenvalue weighted by Crippen LogP contribution is -2.46. The van der Waals surface area contributed by atoms with Gasteiger partial charge in [0, 0.05) is 19.2 Å². The van der Waals surface area contributed by atoms with E-state index in [-0.39, 0.29) is 24.3 Å². The van der Waals surface area contributed by atoms with Crippen LogP contribution in [0.2, 0.25) is 0 Å². The van der Waals surface area contributed by atoms with Crippen LogP contribution >= 0.6 is 0 Å². The number of ether oxygens (including phenoxy) is 2. The van der Waals surface area contributed by atoms with Gasteiger partial charge in [-0.15, -0.1) is 0 Å². The summed E-state index contributed by atoms with van der Waals surface area (Å²) in [4.78, 5) is 24.9. The van der Waals surface area contributed by atoms with E-state index in [1.807, 2.05) is 6.92 Å². The van der Waals surface area contributed by atoms with Crippen LogP contribution in [-0.2, 0) is 9.59 Å². The quantitative estimate of drug-likeness (QED) is 0.895. The Kier molecular flexibility index (Phi) is 5.25. The van der Waals surface area contributed by atoms with Crippen LogP contribution in [0.4, 0.5) is 0 Å². The third-order valence-electron chi connectivity index (χ3n) is 3.98. The highest BCUT2D eigenvalue weighted by Crippen LogP contribution is 2.24. The summed E-state index contributed by atoms with van der Waals surface area (Å²) < 4.78 is 10.6. The first-order valence-electron chi connectivity index (χ1n) is 7.28. The second-order valence-electron chi connectivity index (χ2n) is 5.52. The number of hydrogen-bond acceptors (Lipinski definition) is 4. The Labute approximate surface area is 129 Å². The maximum Gasteiger partial charge on any atom is 0.306 e. The van der Waals surface area contributed by atoms with Crippen LogP contribution in [0.3, 0.4) is 0 Å². The van der Waals surface area contributed by atoms with E-state index in [9.17, 15) is 9.59 Å². The number of likely N-dealkylation sites (tertiary alicyclic amines) is 1. The van der Waals surface area contributed by atoms with E-state index in [2.05, 4.69) is 0 Å². The van der Waals surface area contributed by atoms with Crippen LogP contribution in [0.1, 0.15) is 13.3 Å². The van der Waals surface area contributed by atoms with Gasteiger partial charge in [0.15, 0.2) is 6.61 Å². The second-order valence-corrected chi connectivity index (χ2v) is 5.52. The molecule has 1 heterocycles. The zero-order valence-corrected chi connectivity index (χ0v) is 12.8. The molecule has 0 spiro atoms. The predicted octanol–water partition coefficient (Wildman–Crippen LogP) is 1.64. The molecule has 0 aromatic heterocycles. The number of methoxy groups -OCH3 is 1. The molecular formula is C16H21NO5. The van der Waals surface area contributed by atoms with Gasteiger partial charge in [0.05, 0.1) is 13.0 Å². The van der Waals surface area contributed by atoms with Crippen molar-refractivity contribution >= 4 is 11.9 Å². The summed E-state index contributed by atoms with van der Waals surface area (Å²) in [6.07, 6.45) is 0.487. The first kappa shape index (κ1) is 16.1. The first-order valence-corrected chi connectivity index (χ1v) is 7.28. The molecule has 1 saturated heterocycles. The summed E-state index contributed by atoms with van der Waals surface area (Å²) in [5, 5.41) is 9.09. The largest absolute Gasteiger partial charge is 0.497 e. The normalized spacial score (nSPS) is 21.3. The number of rotatable bonds is 5. The fourth-order valence-electron chi connectivity index (χ4n) is 2.67. The summed E-state index contributed by atoms with van der Waals surface area (Å²) in [6.45, 7) is 2.72. The molecule has 1 aromatic rings. The summed E-state index contributed by atoms with van der Waals surface area (Å²) in [7, 11) is 1.57. The third kappa shape index (κ3) is 3.90. The number of carbonyl (C=O) groups is 2. The molecule has 0 aliphatic carbocycles. The fraction of sp³-hybridized carbons (Fsp3) is 0.500. The number of carboxylic acid groups (broad SMARTS) is 1. The van der Waals surface area contributed by atoms with Gasteiger partial charge in [-0.05, 0) is 24.5 Å². The Morgan fingerprint density at radius 3 is 2.73 bits per heavy atom.